The monoisotopic (exact) mass is 607 g/mol. The Morgan fingerprint density at radius 2 is 1.61 bits per heavy atom. The molecule has 1 unspecified atom stereocenters. The van der Waals surface area contributed by atoms with Crippen LogP contribution in [0.25, 0.3) is 0 Å². The summed E-state index contributed by atoms with van der Waals surface area (Å²) in [5.74, 6) is -1.09. The van der Waals surface area contributed by atoms with Crippen molar-refractivity contribution in [1.29, 1.82) is 0 Å². The average molecular weight is 608 g/mol. The smallest absolute Gasteiger partial charge is 0.251 e. The molecule has 1 fully saturated rings. The van der Waals surface area contributed by atoms with Crippen LogP contribution in [0.5, 0.6) is 5.75 Å². The molecule has 2 heterocycles. The third-order valence-corrected chi connectivity index (χ3v) is 8.56. The second kappa shape index (κ2) is 15.5. The van der Waals surface area contributed by atoms with Gasteiger partial charge in [0, 0.05) is 35.9 Å². The van der Waals surface area contributed by atoms with Crippen LogP contribution in [-0.2, 0) is 13.0 Å². The van der Waals surface area contributed by atoms with Gasteiger partial charge in [0.05, 0.1) is 12.6 Å². The Bertz CT molecular complexity index is 1330. The molecule has 0 aliphatic carbocycles. The Morgan fingerprint density at radius 3 is 2.32 bits per heavy atom. The highest BCUT2D eigenvalue weighted by molar-refractivity contribution is 5.52. The summed E-state index contributed by atoms with van der Waals surface area (Å²) >= 11 is 0. The van der Waals surface area contributed by atoms with E-state index in [0.717, 1.165) is 57.2 Å². The van der Waals surface area contributed by atoms with Gasteiger partial charge in [0.15, 0.2) is 5.75 Å². The molecular formula is C36H41F4N3O. The zero-order chi connectivity index (χ0) is 30.9. The Kier molecular flexibility index (Phi) is 11.2. The second-order valence-corrected chi connectivity index (χ2v) is 11.7. The van der Waals surface area contributed by atoms with Crippen molar-refractivity contribution < 1.29 is 22.3 Å². The second-order valence-electron chi connectivity index (χ2n) is 11.7. The van der Waals surface area contributed by atoms with Crippen LogP contribution in [-0.4, -0.2) is 50.1 Å². The van der Waals surface area contributed by atoms with Crippen molar-refractivity contribution in [3.8, 4) is 5.75 Å². The number of rotatable bonds is 8. The van der Waals surface area contributed by atoms with Gasteiger partial charge in [0.25, 0.3) is 6.43 Å². The highest BCUT2D eigenvalue weighted by Crippen LogP contribution is 2.41. The summed E-state index contributed by atoms with van der Waals surface area (Å²) in [6.07, 6.45) is 5.29. The van der Waals surface area contributed by atoms with Gasteiger partial charge in [-0.2, -0.15) is 0 Å². The number of fused-ring (bicyclic) bond motifs is 1. The minimum atomic E-state index is -2.71. The maximum atomic E-state index is 16.2. The van der Waals surface area contributed by atoms with Crippen molar-refractivity contribution in [2.24, 2.45) is 0 Å². The summed E-state index contributed by atoms with van der Waals surface area (Å²) in [5.41, 5.74) is 2.32. The van der Waals surface area contributed by atoms with Crippen LogP contribution in [0.1, 0.15) is 66.8 Å². The van der Waals surface area contributed by atoms with Crippen LogP contribution in [0, 0.1) is 23.8 Å². The predicted molar refractivity (Wildman–Crippen MR) is 166 cm³/mol. The molecule has 44 heavy (non-hydrogen) atoms. The first-order valence-electron chi connectivity index (χ1n) is 15.7. The van der Waals surface area contributed by atoms with E-state index in [0.29, 0.717) is 48.7 Å². The SMILES string of the molecule is C=C[C@@H]1Cc2cc(OCc3ccccc3)c#cc2C(c2c(F)cc(N3CCCCCCNCCCC3)cc2F)N1CC(F)F. The zero-order valence-electron chi connectivity index (χ0n) is 25.1. The van der Waals surface area contributed by atoms with Gasteiger partial charge < -0.3 is 15.0 Å². The maximum absolute atomic E-state index is 16.2. The van der Waals surface area contributed by atoms with E-state index in [1.54, 1.807) is 12.1 Å². The lowest BCUT2D eigenvalue weighted by Crippen LogP contribution is -2.46. The third kappa shape index (κ3) is 7.94. The predicted octanol–water partition coefficient (Wildman–Crippen LogP) is 7.66. The molecule has 1 saturated heterocycles. The maximum Gasteiger partial charge on any atom is 0.251 e. The van der Waals surface area contributed by atoms with Gasteiger partial charge in [-0.25, -0.2) is 17.6 Å². The van der Waals surface area contributed by atoms with E-state index in [1.807, 2.05) is 35.2 Å². The Hall–Kier alpha value is -3.54. The molecule has 2 aliphatic rings. The molecule has 1 N–H and O–H groups in total. The van der Waals surface area contributed by atoms with E-state index in [1.165, 1.54) is 17.0 Å². The quantitative estimate of drug-likeness (QED) is 0.210. The van der Waals surface area contributed by atoms with Crippen molar-refractivity contribution in [3.63, 3.8) is 0 Å². The van der Waals surface area contributed by atoms with Crippen molar-refractivity contribution in [2.75, 3.05) is 37.6 Å². The van der Waals surface area contributed by atoms with Gasteiger partial charge in [-0.15, -0.1) is 6.58 Å². The minimum Gasteiger partial charge on any atom is -0.481 e. The van der Waals surface area contributed by atoms with Crippen LogP contribution < -0.4 is 15.0 Å². The lowest BCUT2D eigenvalue weighted by atomic mass is 9.84. The Balaban J connectivity index is 1.47. The first-order chi connectivity index (χ1) is 21.4. The molecule has 0 radical (unpaired) electrons. The van der Waals surface area contributed by atoms with Crippen molar-refractivity contribution in [2.45, 2.75) is 70.1 Å². The fourth-order valence-electron chi connectivity index (χ4n) is 6.30. The molecule has 2 aliphatic heterocycles. The van der Waals surface area contributed by atoms with Crippen LogP contribution in [0.2, 0.25) is 0 Å². The average Bonchev–Trinajstić information content (AvgIpc) is 3.00. The standard InChI is InChI=1S/C36H41F4N3O/c1-2-28-20-27-21-30(44-25-26-12-6-5-7-13-26)14-15-31(27)36(43(28)24-34(39)40)35-32(37)22-29(23-33(35)38)42-18-10-4-3-8-16-41-17-9-11-19-42/h2,5-7,12-13,21-23,28,34,36,41H,1,3-4,8-11,16-20,24-25H2/t28-,36?/m1/s1. The van der Waals surface area contributed by atoms with Gasteiger partial charge in [-0.3, -0.25) is 4.90 Å². The number of hydrogen-bond donors (Lipinski definition) is 1. The summed E-state index contributed by atoms with van der Waals surface area (Å²) < 4.78 is 66.1. The van der Waals surface area contributed by atoms with E-state index in [2.05, 4.69) is 24.0 Å². The number of anilines is 1. The van der Waals surface area contributed by atoms with Gasteiger partial charge >= 0.3 is 0 Å². The van der Waals surface area contributed by atoms with E-state index in [4.69, 9.17) is 4.74 Å². The normalized spacial score (nSPS) is 20.2. The van der Waals surface area contributed by atoms with Crippen LogP contribution in [0.3, 0.4) is 0 Å². The molecule has 3 aromatic carbocycles. The zero-order valence-corrected chi connectivity index (χ0v) is 25.1. The van der Waals surface area contributed by atoms with Crippen molar-refractivity contribution >= 4 is 5.69 Å². The minimum absolute atomic E-state index is 0.261. The Labute approximate surface area is 258 Å². The van der Waals surface area contributed by atoms with Gasteiger partial charge in [-0.05, 0) is 80.6 Å². The molecule has 8 heteroatoms. The highest BCUT2D eigenvalue weighted by Gasteiger charge is 2.39. The number of alkyl halides is 2. The molecule has 4 nitrogen and oxygen atoms in total. The fraction of sp³-hybridized carbons (Fsp3) is 0.444. The number of nitrogens with one attached hydrogen (secondary N) is 1. The number of ether oxygens (including phenoxy) is 1. The number of nitrogens with zero attached hydrogens (tertiary/aromatic N) is 2. The summed E-state index contributed by atoms with van der Waals surface area (Å²) in [6.45, 7) is 6.87. The summed E-state index contributed by atoms with van der Waals surface area (Å²) in [6, 6.07) is 18.5. The molecule has 0 saturated carbocycles. The summed E-state index contributed by atoms with van der Waals surface area (Å²) in [5, 5.41) is 3.45. The molecule has 0 bridgehead atoms. The van der Waals surface area contributed by atoms with Crippen molar-refractivity contribution in [1.82, 2.24) is 10.2 Å². The summed E-state index contributed by atoms with van der Waals surface area (Å²) in [4.78, 5) is 3.48. The first kappa shape index (κ1) is 31.9. The molecule has 5 rings (SSSR count). The molecule has 0 aromatic heterocycles. The van der Waals surface area contributed by atoms with Gasteiger partial charge in [0.1, 0.15) is 18.2 Å². The Morgan fingerprint density at radius 1 is 0.932 bits per heavy atom. The molecule has 234 valence electrons. The molecule has 3 aromatic rings. The van der Waals surface area contributed by atoms with Crippen LogP contribution >= 0.6 is 0 Å². The molecule has 0 spiro atoms. The van der Waals surface area contributed by atoms with E-state index in [9.17, 15) is 8.78 Å². The number of benzene rings is 2. The first-order valence-corrected chi connectivity index (χ1v) is 15.7. The molecular weight excluding hydrogens is 566 g/mol. The van der Waals surface area contributed by atoms with Gasteiger partial charge in [-0.1, -0.05) is 55.3 Å². The summed E-state index contributed by atoms with van der Waals surface area (Å²) in [7, 11) is 0. The lowest BCUT2D eigenvalue weighted by Gasteiger charge is -2.41. The van der Waals surface area contributed by atoms with Gasteiger partial charge in [0.2, 0.25) is 0 Å². The lowest BCUT2D eigenvalue weighted by molar-refractivity contribution is 0.0518. The van der Waals surface area contributed by atoms with E-state index < -0.39 is 36.7 Å². The van der Waals surface area contributed by atoms with E-state index in [-0.39, 0.29) is 5.56 Å². The third-order valence-electron chi connectivity index (χ3n) is 8.56. The highest BCUT2D eigenvalue weighted by atomic mass is 19.3. The largest absolute Gasteiger partial charge is 0.481 e. The topological polar surface area (TPSA) is 27.7 Å². The number of hydrogen-bond acceptors (Lipinski definition) is 4. The number of halogens is 4. The van der Waals surface area contributed by atoms with Crippen LogP contribution in [0.4, 0.5) is 23.2 Å². The van der Waals surface area contributed by atoms with Crippen LogP contribution in [0.15, 0.2) is 61.2 Å². The van der Waals surface area contributed by atoms with Crippen molar-refractivity contribution in [3.05, 3.63) is 107 Å². The fourth-order valence-corrected chi connectivity index (χ4v) is 6.30. The molecule has 2 atom stereocenters. The van der Waals surface area contributed by atoms with E-state index >= 15 is 8.78 Å². The molecule has 0 amide bonds.